The van der Waals surface area contributed by atoms with Crippen LogP contribution in [-0.4, -0.2) is 19.0 Å². The van der Waals surface area contributed by atoms with E-state index in [9.17, 15) is 4.79 Å². The van der Waals surface area contributed by atoms with Crippen molar-refractivity contribution in [2.45, 2.75) is 13.3 Å². The highest BCUT2D eigenvalue weighted by atomic mass is 127. The predicted molar refractivity (Wildman–Crippen MR) is 86.6 cm³/mol. The van der Waals surface area contributed by atoms with Crippen LogP contribution in [0, 0.1) is 0 Å². The fourth-order valence-electron chi connectivity index (χ4n) is 2.13. The molecule has 21 heavy (non-hydrogen) atoms. The molecule has 0 spiro atoms. The van der Waals surface area contributed by atoms with E-state index < -0.39 is 7.26 Å². The molecule has 0 radical (unpaired) electrons. The number of carbonyl (C=O) groups is 1. The van der Waals surface area contributed by atoms with E-state index >= 15 is 0 Å². The van der Waals surface area contributed by atoms with Crippen molar-refractivity contribution in [2.75, 3.05) is 13.3 Å². The summed E-state index contributed by atoms with van der Waals surface area (Å²) in [4.78, 5) is 12.7. The minimum Gasteiger partial charge on any atom is -1.00 e. The minimum absolute atomic E-state index is 0. The molecule has 0 heterocycles. The molecule has 0 aliphatic heterocycles. The van der Waals surface area contributed by atoms with Gasteiger partial charge in [-0.25, -0.2) is 4.79 Å². The Labute approximate surface area is 144 Å². The van der Waals surface area contributed by atoms with Gasteiger partial charge in [-0.1, -0.05) is 43.3 Å². The SMILES string of the molecule is CCCOC(=O)[P+](C)(c1ccccc1)c1ccccc1.[I-]. The zero-order valence-electron chi connectivity index (χ0n) is 12.3. The lowest BCUT2D eigenvalue weighted by atomic mass is 10.4. The summed E-state index contributed by atoms with van der Waals surface area (Å²) in [5.74, 6) is 0. The number of benzene rings is 2. The summed E-state index contributed by atoms with van der Waals surface area (Å²) in [6.45, 7) is 4.53. The molecule has 112 valence electrons. The molecule has 0 saturated carbocycles. The fraction of sp³-hybridized carbons (Fsp3) is 0.235. The van der Waals surface area contributed by atoms with E-state index in [0.717, 1.165) is 17.0 Å². The molecule has 0 aromatic heterocycles. The van der Waals surface area contributed by atoms with Gasteiger partial charge in [0.15, 0.2) is 7.26 Å². The van der Waals surface area contributed by atoms with Crippen molar-refractivity contribution in [2.24, 2.45) is 0 Å². The lowest BCUT2D eigenvalue weighted by Gasteiger charge is -2.19. The number of hydrogen-bond donors (Lipinski definition) is 0. The topological polar surface area (TPSA) is 26.3 Å². The summed E-state index contributed by atoms with van der Waals surface area (Å²) in [5, 5.41) is 2.12. The quantitative estimate of drug-likeness (QED) is 0.536. The lowest BCUT2D eigenvalue weighted by Crippen LogP contribution is -3.00. The summed E-state index contributed by atoms with van der Waals surface area (Å²) in [7, 11) is -2.16. The molecule has 0 atom stereocenters. The van der Waals surface area contributed by atoms with Gasteiger partial charge in [0, 0.05) is 0 Å². The molecular formula is C17H20IO2P. The Kier molecular flexibility index (Phi) is 7.33. The van der Waals surface area contributed by atoms with Crippen LogP contribution in [0.5, 0.6) is 0 Å². The van der Waals surface area contributed by atoms with Gasteiger partial charge in [0.25, 0.3) is 0 Å². The van der Waals surface area contributed by atoms with Gasteiger partial charge < -0.3 is 28.7 Å². The number of ether oxygens (including phenoxy) is 1. The van der Waals surface area contributed by atoms with Crippen molar-refractivity contribution < 1.29 is 33.5 Å². The highest BCUT2D eigenvalue weighted by Gasteiger charge is 2.48. The van der Waals surface area contributed by atoms with Crippen molar-refractivity contribution in [3.8, 4) is 0 Å². The van der Waals surface area contributed by atoms with Crippen LogP contribution in [0.3, 0.4) is 0 Å². The van der Waals surface area contributed by atoms with Gasteiger partial charge >= 0.3 is 5.71 Å². The van der Waals surface area contributed by atoms with E-state index in [1.165, 1.54) is 0 Å². The van der Waals surface area contributed by atoms with Crippen LogP contribution in [0.15, 0.2) is 60.7 Å². The van der Waals surface area contributed by atoms with E-state index in [-0.39, 0.29) is 29.7 Å². The Bertz CT molecular complexity index is 518. The van der Waals surface area contributed by atoms with Crippen molar-refractivity contribution in [3.63, 3.8) is 0 Å². The molecule has 0 aliphatic rings. The molecule has 2 rings (SSSR count). The normalized spacial score (nSPS) is 10.6. The molecule has 0 bridgehead atoms. The summed E-state index contributed by atoms with van der Waals surface area (Å²) in [6.07, 6.45) is 0.843. The van der Waals surface area contributed by atoms with Gasteiger partial charge in [0.2, 0.25) is 0 Å². The molecule has 0 aliphatic carbocycles. The Morgan fingerprint density at radius 1 is 0.952 bits per heavy atom. The Balaban J connectivity index is 0.00000220. The van der Waals surface area contributed by atoms with Crippen molar-refractivity contribution in [1.29, 1.82) is 0 Å². The number of carbonyl (C=O) groups excluding carboxylic acids is 1. The van der Waals surface area contributed by atoms with E-state index in [1.807, 2.05) is 74.3 Å². The Hall–Kier alpha value is -0.930. The first-order valence-electron chi connectivity index (χ1n) is 6.84. The van der Waals surface area contributed by atoms with Crippen LogP contribution in [0.1, 0.15) is 13.3 Å². The molecule has 0 saturated heterocycles. The van der Waals surface area contributed by atoms with Gasteiger partial charge in [-0.3, -0.25) is 0 Å². The Morgan fingerprint density at radius 3 is 1.76 bits per heavy atom. The number of hydrogen-bond acceptors (Lipinski definition) is 2. The molecule has 0 N–H and O–H groups in total. The maximum absolute atomic E-state index is 12.7. The van der Waals surface area contributed by atoms with Crippen LogP contribution >= 0.6 is 7.26 Å². The van der Waals surface area contributed by atoms with Crippen LogP contribution in [-0.2, 0) is 4.74 Å². The van der Waals surface area contributed by atoms with E-state index in [2.05, 4.69) is 0 Å². The summed E-state index contributed by atoms with van der Waals surface area (Å²) in [6, 6.07) is 19.9. The minimum atomic E-state index is -2.16. The molecule has 2 aromatic carbocycles. The Morgan fingerprint density at radius 2 is 1.38 bits per heavy atom. The molecular weight excluding hydrogens is 394 g/mol. The number of halogens is 1. The van der Waals surface area contributed by atoms with Crippen LogP contribution in [0.2, 0.25) is 0 Å². The first kappa shape index (κ1) is 18.1. The zero-order valence-corrected chi connectivity index (χ0v) is 15.4. The second kappa shape index (κ2) is 8.50. The largest absolute Gasteiger partial charge is 1.00 e. The lowest BCUT2D eigenvalue weighted by molar-refractivity contribution is -0.00000863. The number of rotatable bonds is 5. The van der Waals surface area contributed by atoms with Crippen molar-refractivity contribution in [3.05, 3.63) is 60.7 Å². The maximum Gasteiger partial charge on any atom is 0.460 e. The zero-order chi connectivity index (χ0) is 14.4. The summed E-state index contributed by atoms with van der Waals surface area (Å²) < 4.78 is 5.48. The van der Waals surface area contributed by atoms with Gasteiger partial charge in [0.1, 0.15) is 10.6 Å². The third-order valence-electron chi connectivity index (χ3n) is 3.34. The summed E-state index contributed by atoms with van der Waals surface area (Å²) >= 11 is 0. The average molecular weight is 414 g/mol. The van der Waals surface area contributed by atoms with Gasteiger partial charge in [-0.2, -0.15) is 0 Å². The van der Waals surface area contributed by atoms with Crippen LogP contribution < -0.4 is 34.6 Å². The first-order valence-corrected chi connectivity index (χ1v) is 9.08. The van der Waals surface area contributed by atoms with E-state index in [4.69, 9.17) is 4.74 Å². The molecule has 0 amide bonds. The average Bonchev–Trinajstić information content (AvgIpc) is 2.53. The van der Waals surface area contributed by atoms with Gasteiger partial charge in [-0.15, -0.1) is 0 Å². The second-order valence-electron chi connectivity index (χ2n) is 4.79. The maximum atomic E-state index is 12.7. The highest BCUT2D eigenvalue weighted by molar-refractivity contribution is 8.01. The van der Waals surface area contributed by atoms with E-state index in [1.54, 1.807) is 0 Å². The van der Waals surface area contributed by atoms with Crippen molar-refractivity contribution >= 4 is 23.6 Å². The predicted octanol–water partition coefficient (Wildman–Crippen LogP) is 0.835. The molecule has 0 fully saturated rings. The van der Waals surface area contributed by atoms with Crippen LogP contribution in [0.25, 0.3) is 0 Å². The van der Waals surface area contributed by atoms with Gasteiger partial charge in [0.05, 0.1) is 13.3 Å². The molecule has 0 unspecified atom stereocenters. The standard InChI is InChI=1S/C17H20O2P.HI/c1-3-14-19-17(18)20(2,15-10-6-4-7-11-15)16-12-8-5-9-13-16;/h4-13H,3,14H2,1-2H3;1H/q+1;/p-1. The molecule has 2 nitrogen and oxygen atoms in total. The van der Waals surface area contributed by atoms with Gasteiger partial charge in [-0.05, 0) is 30.7 Å². The highest BCUT2D eigenvalue weighted by Crippen LogP contribution is 2.54. The molecule has 4 heteroatoms. The van der Waals surface area contributed by atoms with E-state index in [0.29, 0.717) is 6.61 Å². The van der Waals surface area contributed by atoms with Crippen molar-refractivity contribution in [1.82, 2.24) is 0 Å². The monoisotopic (exact) mass is 414 g/mol. The summed E-state index contributed by atoms with van der Waals surface area (Å²) in [5.41, 5.74) is -0.0863. The van der Waals surface area contributed by atoms with Crippen LogP contribution in [0.4, 0.5) is 4.79 Å². The second-order valence-corrected chi connectivity index (χ2v) is 8.20. The first-order chi connectivity index (χ1) is 9.69. The third kappa shape index (κ3) is 4.04. The fourth-order valence-corrected chi connectivity index (χ4v) is 4.74. The third-order valence-corrected chi connectivity index (χ3v) is 6.86. The molecule has 2 aromatic rings. The smallest absolute Gasteiger partial charge is 0.460 e.